The average molecular weight is 249 g/mol. The molecule has 0 radical (unpaired) electrons. The molecule has 1 aromatic heterocycles. The predicted octanol–water partition coefficient (Wildman–Crippen LogP) is 1.80. The Morgan fingerprint density at radius 1 is 1.39 bits per heavy atom. The van der Waals surface area contributed by atoms with E-state index in [0.29, 0.717) is 18.5 Å². The van der Waals surface area contributed by atoms with Crippen LogP contribution < -0.4 is 16.6 Å². The first-order chi connectivity index (χ1) is 8.74. The van der Waals surface area contributed by atoms with Crippen LogP contribution in [-0.4, -0.2) is 17.2 Å². The van der Waals surface area contributed by atoms with Crippen LogP contribution >= 0.6 is 0 Å². The summed E-state index contributed by atoms with van der Waals surface area (Å²) in [5, 5.41) is 3.54. The van der Waals surface area contributed by atoms with Gasteiger partial charge in [-0.3, -0.25) is 4.79 Å². The summed E-state index contributed by atoms with van der Waals surface area (Å²) in [7, 11) is 0. The minimum Gasteiger partial charge on any atom is -0.381 e. The molecule has 1 fully saturated rings. The van der Waals surface area contributed by atoms with Crippen LogP contribution in [0.1, 0.15) is 32.6 Å². The Hall–Kier alpha value is -1.29. The molecule has 3 N–H and O–H groups in total. The van der Waals surface area contributed by atoms with Gasteiger partial charge in [-0.25, -0.2) is 0 Å². The van der Waals surface area contributed by atoms with Crippen LogP contribution in [0.4, 0.5) is 5.69 Å². The van der Waals surface area contributed by atoms with Gasteiger partial charge in [0.25, 0.3) is 5.56 Å². The normalized spacial score (nSPS) is 23.9. The molecule has 0 spiro atoms. The van der Waals surface area contributed by atoms with Gasteiger partial charge >= 0.3 is 0 Å². The molecule has 100 valence electrons. The summed E-state index contributed by atoms with van der Waals surface area (Å²) in [4.78, 5) is 11.5. The van der Waals surface area contributed by atoms with Crippen LogP contribution in [0.25, 0.3) is 0 Å². The second kappa shape index (κ2) is 6.05. The third-order valence-corrected chi connectivity index (χ3v) is 3.89. The van der Waals surface area contributed by atoms with Gasteiger partial charge in [0.2, 0.25) is 0 Å². The van der Waals surface area contributed by atoms with Gasteiger partial charge in [0.15, 0.2) is 0 Å². The summed E-state index contributed by atoms with van der Waals surface area (Å²) in [6.07, 6.45) is 6.84. The minimum absolute atomic E-state index is 0.0575. The molecule has 4 heteroatoms. The molecule has 1 aliphatic carbocycles. The van der Waals surface area contributed by atoms with Crippen LogP contribution in [0.15, 0.2) is 23.1 Å². The molecule has 18 heavy (non-hydrogen) atoms. The fourth-order valence-corrected chi connectivity index (χ4v) is 2.76. The fourth-order valence-electron chi connectivity index (χ4n) is 2.76. The van der Waals surface area contributed by atoms with Gasteiger partial charge in [0.1, 0.15) is 0 Å². The Morgan fingerprint density at radius 2 is 2.17 bits per heavy atom. The van der Waals surface area contributed by atoms with Crippen molar-refractivity contribution in [1.82, 2.24) is 4.57 Å². The van der Waals surface area contributed by atoms with E-state index >= 15 is 0 Å². The van der Waals surface area contributed by atoms with Gasteiger partial charge in [-0.05, 0) is 38.3 Å². The number of hydrogen-bond donors (Lipinski definition) is 2. The molecule has 0 aliphatic heterocycles. The Kier molecular flexibility index (Phi) is 4.42. The Balaban J connectivity index is 2.10. The summed E-state index contributed by atoms with van der Waals surface area (Å²) in [5.41, 5.74) is 6.92. The number of nitrogens with one attached hydrogen (secondary N) is 1. The highest BCUT2D eigenvalue weighted by Gasteiger charge is 2.23. The second-order valence-corrected chi connectivity index (χ2v) is 5.07. The van der Waals surface area contributed by atoms with E-state index in [4.69, 9.17) is 5.73 Å². The molecule has 1 saturated carbocycles. The van der Waals surface area contributed by atoms with Crippen molar-refractivity contribution >= 4 is 5.69 Å². The molecule has 0 amide bonds. The van der Waals surface area contributed by atoms with E-state index in [1.54, 1.807) is 10.6 Å². The van der Waals surface area contributed by atoms with E-state index < -0.39 is 0 Å². The van der Waals surface area contributed by atoms with Crippen LogP contribution in [0, 0.1) is 5.92 Å². The first kappa shape index (κ1) is 13.1. The highest BCUT2D eigenvalue weighted by molar-refractivity contribution is 5.41. The van der Waals surface area contributed by atoms with Crippen LogP contribution in [0.3, 0.4) is 0 Å². The van der Waals surface area contributed by atoms with Gasteiger partial charge in [0, 0.05) is 24.8 Å². The molecule has 2 unspecified atom stereocenters. The molecular weight excluding hydrogens is 226 g/mol. The molecule has 0 saturated heterocycles. The largest absolute Gasteiger partial charge is 0.381 e. The SMILES string of the molecule is CCn1cc(NC2CCCCC2CN)ccc1=O. The molecule has 2 rings (SSSR count). The summed E-state index contributed by atoms with van der Waals surface area (Å²) in [6, 6.07) is 3.95. The van der Waals surface area contributed by atoms with Crippen molar-refractivity contribution in [2.24, 2.45) is 11.7 Å². The number of hydrogen-bond acceptors (Lipinski definition) is 3. The monoisotopic (exact) mass is 249 g/mol. The fraction of sp³-hybridized carbons (Fsp3) is 0.643. The van der Waals surface area contributed by atoms with E-state index in [1.165, 1.54) is 25.7 Å². The second-order valence-electron chi connectivity index (χ2n) is 5.07. The maximum Gasteiger partial charge on any atom is 0.250 e. The van der Waals surface area contributed by atoms with Crippen LogP contribution in [0.5, 0.6) is 0 Å². The van der Waals surface area contributed by atoms with Gasteiger partial charge in [-0.15, -0.1) is 0 Å². The number of rotatable bonds is 4. The molecule has 2 atom stereocenters. The lowest BCUT2D eigenvalue weighted by Crippen LogP contribution is -2.37. The van der Waals surface area contributed by atoms with Crippen LogP contribution in [0.2, 0.25) is 0 Å². The van der Waals surface area contributed by atoms with Gasteiger partial charge in [-0.1, -0.05) is 12.8 Å². The highest BCUT2D eigenvalue weighted by atomic mass is 16.1. The van der Waals surface area contributed by atoms with Crippen molar-refractivity contribution < 1.29 is 0 Å². The standard InChI is InChI=1S/C14H23N3O/c1-2-17-10-12(7-8-14(17)18)16-13-6-4-3-5-11(13)9-15/h7-8,10-11,13,16H,2-6,9,15H2,1H3. The molecule has 1 aliphatic rings. The van der Waals surface area contributed by atoms with E-state index in [1.807, 2.05) is 19.2 Å². The maximum atomic E-state index is 11.5. The first-order valence-electron chi connectivity index (χ1n) is 6.91. The van der Waals surface area contributed by atoms with Crippen LogP contribution in [-0.2, 0) is 6.54 Å². The van der Waals surface area contributed by atoms with E-state index in [0.717, 1.165) is 12.2 Å². The lowest BCUT2D eigenvalue weighted by Gasteiger charge is -2.32. The van der Waals surface area contributed by atoms with E-state index in [2.05, 4.69) is 5.32 Å². The Labute approximate surface area is 108 Å². The zero-order chi connectivity index (χ0) is 13.0. The van der Waals surface area contributed by atoms with Crippen molar-refractivity contribution in [3.63, 3.8) is 0 Å². The topological polar surface area (TPSA) is 60.1 Å². The maximum absolute atomic E-state index is 11.5. The lowest BCUT2D eigenvalue weighted by molar-refractivity contribution is 0.332. The summed E-state index contributed by atoms with van der Waals surface area (Å²) < 4.78 is 1.72. The van der Waals surface area contributed by atoms with Crippen molar-refractivity contribution in [3.05, 3.63) is 28.7 Å². The summed E-state index contributed by atoms with van der Waals surface area (Å²) in [5.74, 6) is 0.556. The first-order valence-corrected chi connectivity index (χ1v) is 6.91. The average Bonchev–Trinajstić information content (AvgIpc) is 2.41. The van der Waals surface area contributed by atoms with Crippen molar-refractivity contribution in [1.29, 1.82) is 0 Å². The number of nitrogens with two attached hydrogens (primary N) is 1. The summed E-state index contributed by atoms with van der Waals surface area (Å²) in [6.45, 7) is 3.43. The third kappa shape index (κ3) is 2.93. The highest BCUT2D eigenvalue weighted by Crippen LogP contribution is 2.26. The Bertz CT molecular complexity index is 441. The number of anilines is 1. The minimum atomic E-state index is 0.0575. The zero-order valence-electron chi connectivity index (χ0n) is 11.1. The number of pyridine rings is 1. The van der Waals surface area contributed by atoms with Gasteiger partial charge in [0.05, 0.1) is 5.69 Å². The van der Waals surface area contributed by atoms with E-state index in [-0.39, 0.29) is 5.56 Å². The lowest BCUT2D eigenvalue weighted by atomic mass is 9.84. The molecule has 1 aromatic rings. The quantitative estimate of drug-likeness (QED) is 0.855. The molecule has 1 heterocycles. The van der Waals surface area contributed by atoms with Crippen molar-refractivity contribution in [2.45, 2.75) is 45.2 Å². The van der Waals surface area contributed by atoms with Gasteiger partial charge in [-0.2, -0.15) is 0 Å². The Morgan fingerprint density at radius 3 is 2.89 bits per heavy atom. The molecule has 4 nitrogen and oxygen atoms in total. The number of aryl methyl sites for hydroxylation is 1. The molecule has 0 bridgehead atoms. The number of aromatic nitrogens is 1. The van der Waals surface area contributed by atoms with Crippen molar-refractivity contribution in [2.75, 3.05) is 11.9 Å². The van der Waals surface area contributed by atoms with E-state index in [9.17, 15) is 4.79 Å². The smallest absolute Gasteiger partial charge is 0.250 e. The summed E-state index contributed by atoms with van der Waals surface area (Å²) >= 11 is 0. The van der Waals surface area contributed by atoms with Crippen molar-refractivity contribution in [3.8, 4) is 0 Å². The van der Waals surface area contributed by atoms with Gasteiger partial charge < -0.3 is 15.6 Å². The predicted molar refractivity (Wildman–Crippen MR) is 74.8 cm³/mol. The molecule has 0 aromatic carbocycles. The third-order valence-electron chi connectivity index (χ3n) is 3.89. The zero-order valence-corrected chi connectivity index (χ0v) is 11.1. The molecular formula is C14H23N3O. The number of nitrogens with zero attached hydrogens (tertiary/aromatic N) is 1.